The number of pyridine rings is 1. The van der Waals surface area contributed by atoms with Crippen LogP contribution in [-0.4, -0.2) is 54.1 Å². The molecule has 3 aliphatic heterocycles. The summed E-state index contributed by atoms with van der Waals surface area (Å²) < 4.78 is 10.6. The number of hydrogen-bond acceptors (Lipinski definition) is 7. The summed E-state index contributed by atoms with van der Waals surface area (Å²) in [6, 6.07) is 14.2. The van der Waals surface area contributed by atoms with Gasteiger partial charge in [-0.05, 0) is 73.7 Å². The molecule has 1 aromatic heterocycles. The number of methoxy groups -OCH3 is 1. The van der Waals surface area contributed by atoms with Gasteiger partial charge in [0.25, 0.3) is 0 Å². The molecule has 0 aliphatic carbocycles. The number of carbonyl (C=O) groups excluding carboxylic acids is 4. The number of anilines is 3. The molecule has 1 spiro atoms. The van der Waals surface area contributed by atoms with Gasteiger partial charge < -0.3 is 19.7 Å². The lowest BCUT2D eigenvalue weighted by molar-refractivity contribution is -0.141. The predicted octanol–water partition coefficient (Wildman–Crippen LogP) is 6.50. The summed E-state index contributed by atoms with van der Waals surface area (Å²) in [7, 11) is 1.28. The third kappa shape index (κ3) is 6.17. The van der Waals surface area contributed by atoms with Crippen molar-refractivity contribution in [3.63, 3.8) is 0 Å². The summed E-state index contributed by atoms with van der Waals surface area (Å²) in [5.41, 5.74) is 3.44. The summed E-state index contributed by atoms with van der Waals surface area (Å²) in [6.07, 6.45) is 3.35. The van der Waals surface area contributed by atoms with Crippen molar-refractivity contribution in [2.75, 3.05) is 36.1 Å². The fraction of sp³-hybridized carbons (Fsp3) is 0.364. The van der Waals surface area contributed by atoms with Gasteiger partial charge in [0.05, 0.1) is 36.6 Å². The molecule has 12 heteroatoms. The highest BCUT2D eigenvalue weighted by Gasteiger charge is 2.47. The number of ether oxygens (including phenoxy) is 2. The van der Waals surface area contributed by atoms with E-state index in [9.17, 15) is 19.2 Å². The van der Waals surface area contributed by atoms with E-state index in [2.05, 4.69) is 20.9 Å². The fourth-order valence-corrected chi connectivity index (χ4v) is 6.64. The van der Waals surface area contributed by atoms with Gasteiger partial charge in [-0.3, -0.25) is 25.2 Å². The number of aromatic nitrogens is 1. The van der Waals surface area contributed by atoms with Gasteiger partial charge in [0.1, 0.15) is 0 Å². The molecule has 0 radical (unpaired) electrons. The minimum atomic E-state index is -1.02. The lowest BCUT2D eigenvalue weighted by Gasteiger charge is -2.45. The summed E-state index contributed by atoms with van der Waals surface area (Å²) >= 11 is 6.35. The van der Waals surface area contributed by atoms with Crippen molar-refractivity contribution >= 4 is 52.7 Å². The Labute approximate surface area is 265 Å². The molecule has 3 aromatic rings. The van der Waals surface area contributed by atoms with Gasteiger partial charge in [-0.15, -0.1) is 0 Å². The van der Waals surface area contributed by atoms with E-state index in [0.29, 0.717) is 72.0 Å². The van der Waals surface area contributed by atoms with Gasteiger partial charge in [-0.1, -0.05) is 31.0 Å². The smallest absolute Gasteiger partial charge is 0.412 e. The van der Waals surface area contributed by atoms with E-state index in [1.807, 2.05) is 19.1 Å². The Morgan fingerprint density at radius 3 is 2.73 bits per heavy atom. The zero-order chi connectivity index (χ0) is 31.7. The summed E-state index contributed by atoms with van der Waals surface area (Å²) in [4.78, 5) is 58.5. The fourth-order valence-electron chi connectivity index (χ4n) is 6.47. The number of piperidine rings is 1. The zero-order valence-electron chi connectivity index (χ0n) is 25.0. The highest BCUT2D eigenvalue weighted by molar-refractivity contribution is 6.30. The number of nitrogens with one attached hydrogen (secondary N) is 3. The van der Waals surface area contributed by atoms with Crippen LogP contribution in [-0.2, 0) is 24.7 Å². The van der Waals surface area contributed by atoms with Crippen molar-refractivity contribution in [3.05, 3.63) is 71.0 Å². The first-order valence-electron chi connectivity index (χ1n) is 15.0. The molecular weight excluding hydrogens is 598 g/mol. The number of fused-ring (bicyclic) bond motifs is 6. The highest BCUT2D eigenvalue weighted by Crippen LogP contribution is 2.44. The quantitative estimate of drug-likeness (QED) is 0.293. The van der Waals surface area contributed by atoms with E-state index in [-0.39, 0.29) is 24.3 Å². The first kappa shape index (κ1) is 30.4. The van der Waals surface area contributed by atoms with Crippen LogP contribution >= 0.6 is 11.6 Å². The van der Waals surface area contributed by atoms with Crippen LogP contribution in [0.1, 0.15) is 56.2 Å². The first-order chi connectivity index (χ1) is 21.7. The van der Waals surface area contributed by atoms with Crippen molar-refractivity contribution in [2.45, 2.75) is 50.5 Å². The topological polar surface area (TPSA) is 139 Å². The average molecular weight is 632 g/mol. The molecule has 0 saturated carbocycles. The Bertz CT molecular complexity index is 1680. The predicted molar refractivity (Wildman–Crippen MR) is 169 cm³/mol. The Hall–Kier alpha value is -4.64. The van der Waals surface area contributed by atoms with Crippen LogP contribution in [0.5, 0.6) is 0 Å². The monoisotopic (exact) mass is 631 g/mol. The molecule has 11 nitrogen and oxygen atoms in total. The van der Waals surface area contributed by atoms with E-state index in [1.54, 1.807) is 47.5 Å². The number of nitrogens with zero attached hydrogens (tertiary/aromatic N) is 2. The lowest BCUT2D eigenvalue weighted by Crippen LogP contribution is -2.54. The molecule has 4 heterocycles. The van der Waals surface area contributed by atoms with E-state index < -0.39 is 23.7 Å². The Morgan fingerprint density at radius 1 is 1.07 bits per heavy atom. The van der Waals surface area contributed by atoms with Gasteiger partial charge in [-0.2, -0.15) is 0 Å². The van der Waals surface area contributed by atoms with Crippen LogP contribution in [0, 0.1) is 5.92 Å². The minimum absolute atomic E-state index is 0.108. The van der Waals surface area contributed by atoms with Crippen LogP contribution < -0.4 is 16.0 Å². The molecule has 3 atom stereocenters. The van der Waals surface area contributed by atoms with Gasteiger partial charge in [0.15, 0.2) is 5.60 Å². The molecule has 1 saturated heterocycles. The average Bonchev–Trinajstić information content (AvgIpc) is 3.03. The molecule has 3 N–H and O–H groups in total. The third-order valence-electron chi connectivity index (χ3n) is 8.80. The van der Waals surface area contributed by atoms with Crippen molar-refractivity contribution in [1.29, 1.82) is 0 Å². The maximum Gasteiger partial charge on any atom is 0.412 e. The van der Waals surface area contributed by atoms with Gasteiger partial charge >= 0.3 is 12.2 Å². The second-order valence-electron chi connectivity index (χ2n) is 11.8. The summed E-state index contributed by atoms with van der Waals surface area (Å²) in [5.74, 6) is -1.17. The highest BCUT2D eigenvalue weighted by atomic mass is 35.5. The van der Waals surface area contributed by atoms with Crippen LogP contribution in [0.3, 0.4) is 0 Å². The van der Waals surface area contributed by atoms with Crippen molar-refractivity contribution in [1.82, 2.24) is 9.88 Å². The molecule has 234 valence electrons. The largest absolute Gasteiger partial charge is 0.453 e. The summed E-state index contributed by atoms with van der Waals surface area (Å²) in [6.45, 7) is 2.56. The van der Waals surface area contributed by atoms with E-state index >= 15 is 0 Å². The van der Waals surface area contributed by atoms with Crippen molar-refractivity contribution in [3.8, 4) is 11.1 Å². The number of benzene rings is 2. The van der Waals surface area contributed by atoms with Crippen molar-refractivity contribution in [2.24, 2.45) is 5.92 Å². The number of carbonyl (C=O) groups is 4. The number of halogens is 1. The Balaban J connectivity index is 1.35. The number of hydrogen-bond donors (Lipinski definition) is 3. The molecule has 3 aliphatic rings. The Kier molecular flexibility index (Phi) is 8.37. The second-order valence-corrected chi connectivity index (χ2v) is 12.2. The van der Waals surface area contributed by atoms with Crippen LogP contribution in [0.2, 0.25) is 5.02 Å². The normalized spacial score (nSPS) is 22.8. The number of likely N-dealkylation sites (tertiary alicyclic amines) is 1. The van der Waals surface area contributed by atoms with Gasteiger partial charge in [0, 0.05) is 40.5 Å². The van der Waals surface area contributed by atoms with E-state index in [1.165, 1.54) is 7.11 Å². The van der Waals surface area contributed by atoms with Crippen LogP contribution in [0.4, 0.5) is 26.7 Å². The Morgan fingerprint density at radius 2 is 1.91 bits per heavy atom. The molecule has 45 heavy (non-hydrogen) atoms. The second kappa shape index (κ2) is 12.4. The maximum atomic E-state index is 14.4. The lowest BCUT2D eigenvalue weighted by atomic mass is 9.82. The maximum absolute atomic E-state index is 14.4. The zero-order valence-corrected chi connectivity index (χ0v) is 25.8. The molecule has 4 amide bonds. The van der Waals surface area contributed by atoms with Gasteiger partial charge in [-0.25, -0.2) is 9.59 Å². The third-order valence-corrected chi connectivity index (χ3v) is 9.03. The van der Waals surface area contributed by atoms with Crippen LogP contribution in [0.25, 0.3) is 11.1 Å². The molecule has 2 aromatic carbocycles. The molecule has 1 fully saturated rings. The minimum Gasteiger partial charge on any atom is -0.453 e. The number of rotatable bonds is 2. The molecule has 2 bridgehead atoms. The summed E-state index contributed by atoms with van der Waals surface area (Å²) in [5, 5.41) is 8.92. The van der Waals surface area contributed by atoms with Crippen molar-refractivity contribution < 1.29 is 28.7 Å². The molecule has 0 unspecified atom stereocenters. The van der Waals surface area contributed by atoms with E-state index in [4.69, 9.17) is 21.1 Å². The molecular formula is C33H34ClN5O6. The number of amides is 4. The first-order valence-corrected chi connectivity index (χ1v) is 15.4. The standard InChI is InChI=1S/C33H34ClN5O6/c1-19-5-3-6-24(30(41)39-14-4-12-33(18-39)25-16-21(34)7-10-26(25)38-32(43)45-33)27-15-20(11-13-35-27)23-9-8-22(36-31(42)44-2)17-28(23)37-29(19)40/h7-11,13,15-17,19,24H,3-6,12,14,18H2,1-2H3,(H,36,42)(H,37,40)(H,38,43)/t19-,24+,33+/m1/s1. The van der Waals surface area contributed by atoms with Gasteiger partial charge in [0.2, 0.25) is 11.8 Å². The SMILES string of the molecule is COC(=O)Nc1ccc2c(c1)NC(=O)[C@H](C)CCC[C@H](C(=O)N1CCC[C@@]3(C1)OC(=O)Nc1ccc(Cl)cc13)c1cc-2ccn1. The van der Waals surface area contributed by atoms with E-state index in [0.717, 1.165) is 11.1 Å². The van der Waals surface area contributed by atoms with Crippen LogP contribution in [0.15, 0.2) is 54.7 Å². The molecule has 6 rings (SSSR count).